The van der Waals surface area contributed by atoms with Crippen LogP contribution in [0.1, 0.15) is 36.6 Å². The number of anilines is 1. The number of nitrogens with zero attached hydrogens (tertiary/aromatic N) is 2. The summed E-state index contributed by atoms with van der Waals surface area (Å²) in [6.45, 7) is 8.82. The third kappa shape index (κ3) is 5.66. The van der Waals surface area contributed by atoms with E-state index in [9.17, 15) is 9.50 Å². The van der Waals surface area contributed by atoms with Crippen LogP contribution in [0, 0.1) is 5.82 Å². The van der Waals surface area contributed by atoms with E-state index in [0.717, 1.165) is 50.5 Å². The molecule has 0 spiro atoms. The number of hydrogen-bond donors (Lipinski definition) is 1. The molecule has 0 amide bonds. The average molecular weight is 449 g/mol. The monoisotopic (exact) mass is 448 g/mol. The maximum Gasteiger partial charge on any atom is 0.123 e. The van der Waals surface area contributed by atoms with E-state index < -0.39 is 0 Å². The van der Waals surface area contributed by atoms with Crippen LogP contribution >= 0.6 is 0 Å². The average Bonchev–Trinajstić information content (AvgIpc) is 2.83. The topological polar surface area (TPSA) is 35.9 Å². The molecular weight excluding hydrogens is 415 g/mol. The molecule has 0 aromatic heterocycles. The Kier molecular flexibility index (Phi) is 7.50. The van der Waals surface area contributed by atoms with Gasteiger partial charge in [-0.1, -0.05) is 32.0 Å². The lowest BCUT2D eigenvalue weighted by molar-refractivity contribution is 0.223. The number of phenols is 1. The van der Waals surface area contributed by atoms with Gasteiger partial charge in [0, 0.05) is 18.8 Å². The summed E-state index contributed by atoms with van der Waals surface area (Å²) in [4.78, 5) is 4.68. The summed E-state index contributed by atoms with van der Waals surface area (Å²) < 4.78 is 19.5. The number of fused-ring (bicyclic) bond motifs is 1. The molecular formula is C28H33FN2O2. The van der Waals surface area contributed by atoms with Crippen LogP contribution in [0.3, 0.4) is 0 Å². The number of ether oxygens (including phenoxy) is 1. The smallest absolute Gasteiger partial charge is 0.123 e. The molecule has 0 saturated heterocycles. The number of hydrogen-bond acceptors (Lipinski definition) is 4. The number of benzene rings is 3. The van der Waals surface area contributed by atoms with Crippen LogP contribution < -0.4 is 9.64 Å². The van der Waals surface area contributed by atoms with Gasteiger partial charge in [0.2, 0.25) is 0 Å². The molecule has 174 valence electrons. The van der Waals surface area contributed by atoms with Crippen molar-refractivity contribution in [1.29, 1.82) is 0 Å². The van der Waals surface area contributed by atoms with Crippen molar-refractivity contribution in [3.63, 3.8) is 0 Å². The normalized spacial score (nSPS) is 15.5. The molecule has 0 radical (unpaired) electrons. The van der Waals surface area contributed by atoms with Crippen molar-refractivity contribution in [3.8, 4) is 11.5 Å². The molecule has 3 aromatic carbocycles. The molecule has 1 unspecified atom stereocenters. The summed E-state index contributed by atoms with van der Waals surface area (Å²) in [7, 11) is 0. The molecule has 1 aliphatic rings. The van der Waals surface area contributed by atoms with Crippen LogP contribution in [-0.2, 0) is 12.8 Å². The Labute approximate surface area is 196 Å². The quantitative estimate of drug-likeness (QED) is 0.462. The van der Waals surface area contributed by atoms with Crippen LogP contribution in [0.2, 0.25) is 0 Å². The molecule has 1 atom stereocenters. The van der Waals surface area contributed by atoms with Gasteiger partial charge in [0.15, 0.2) is 0 Å². The Balaban J connectivity index is 1.51. The standard InChI is InChI=1S/C28H33FN2O2/c1-3-30(4-2)17-18-33-26-12-5-21(6-13-26)19-28-27-14-11-25(32)20-22(27)15-16-31(28)24-9-7-23(29)8-10-24/h5-14,20,28,32H,3-4,15-19H2,1-2H3. The fourth-order valence-corrected chi connectivity index (χ4v) is 4.64. The van der Waals surface area contributed by atoms with Gasteiger partial charge in [0.1, 0.15) is 23.9 Å². The lowest BCUT2D eigenvalue weighted by Crippen LogP contribution is -2.36. The van der Waals surface area contributed by atoms with E-state index >= 15 is 0 Å². The molecule has 3 aromatic rings. The zero-order valence-electron chi connectivity index (χ0n) is 19.5. The van der Waals surface area contributed by atoms with Crippen molar-refractivity contribution < 1.29 is 14.2 Å². The molecule has 0 fully saturated rings. The van der Waals surface area contributed by atoms with Gasteiger partial charge >= 0.3 is 0 Å². The van der Waals surface area contributed by atoms with Crippen molar-refractivity contribution in [3.05, 3.63) is 89.2 Å². The van der Waals surface area contributed by atoms with Crippen molar-refractivity contribution in [2.75, 3.05) is 37.7 Å². The summed E-state index contributed by atoms with van der Waals surface area (Å²) in [5.74, 6) is 0.957. The van der Waals surface area contributed by atoms with Gasteiger partial charge in [-0.15, -0.1) is 0 Å². The van der Waals surface area contributed by atoms with Crippen molar-refractivity contribution in [2.24, 2.45) is 0 Å². The first kappa shape index (κ1) is 23.1. The third-order valence-electron chi connectivity index (χ3n) is 6.57. The summed E-state index contributed by atoms with van der Waals surface area (Å²) in [6.07, 6.45) is 1.66. The van der Waals surface area contributed by atoms with Crippen LogP contribution in [0.5, 0.6) is 11.5 Å². The number of rotatable bonds is 9. The highest BCUT2D eigenvalue weighted by Gasteiger charge is 2.28. The molecule has 1 aliphatic heterocycles. The first-order chi connectivity index (χ1) is 16.1. The summed E-state index contributed by atoms with van der Waals surface area (Å²) >= 11 is 0. The van der Waals surface area contributed by atoms with Crippen molar-refractivity contribution in [2.45, 2.75) is 32.7 Å². The Morgan fingerprint density at radius 1 is 1.00 bits per heavy atom. The fraction of sp³-hybridized carbons (Fsp3) is 0.357. The van der Waals surface area contributed by atoms with Crippen molar-refractivity contribution in [1.82, 2.24) is 4.90 Å². The Hall–Kier alpha value is -3.05. The zero-order valence-corrected chi connectivity index (χ0v) is 19.5. The van der Waals surface area contributed by atoms with E-state index in [1.165, 1.54) is 28.8 Å². The second-order valence-corrected chi connectivity index (χ2v) is 8.54. The van der Waals surface area contributed by atoms with Crippen LogP contribution in [0.25, 0.3) is 0 Å². The minimum absolute atomic E-state index is 0.106. The van der Waals surface area contributed by atoms with Crippen molar-refractivity contribution >= 4 is 5.69 Å². The first-order valence-corrected chi connectivity index (χ1v) is 11.9. The highest BCUT2D eigenvalue weighted by Crippen LogP contribution is 2.37. The summed E-state index contributed by atoms with van der Waals surface area (Å²) in [5, 5.41) is 9.97. The van der Waals surface area contributed by atoms with E-state index in [1.807, 2.05) is 36.4 Å². The fourth-order valence-electron chi connectivity index (χ4n) is 4.64. The van der Waals surface area contributed by atoms with Gasteiger partial charge < -0.3 is 19.6 Å². The highest BCUT2D eigenvalue weighted by atomic mass is 19.1. The van der Waals surface area contributed by atoms with Gasteiger partial charge in [-0.3, -0.25) is 0 Å². The second kappa shape index (κ2) is 10.7. The molecule has 1 heterocycles. The number of likely N-dealkylation sites (N-methyl/N-ethyl adjacent to an activating group) is 1. The molecule has 33 heavy (non-hydrogen) atoms. The third-order valence-corrected chi connectivity index (χ3v) is 6.57. The predicted molar refractivity (Wildman–Crippen MR) is 132 cm³/mol. The lowest BCUT2D eigenvalue weighted by Gasteiger charge is -2.39. The largest absolute Gasteiger partial charge is 0.508 e. The van der Waals surface area contributed by atoms with Gasteiger partial charge in [0.25, 0.3) is 0 Å². The van der Waals surface area contributed by atoms with E-state index in [-0.39, 0.29) is 11.9 Å². The van der Waals surface area contributed by atoms with E-state index in [1.54, 1.807) is 6.07 Å². The van der Waals surface area contributed by atoms with Crippen LogP contribution in [-0.4, -0.2) is 42.8 Å². The van der Waals surface area contributed by atoms with Crippen LogP contribution in [0.4, 0.5) is 10.1 Å². The SMILES string of the molecule is CCN(CC)CCOc1ccc(CC2c3ccc(O)cc3CCN2c2ccc(F)cc2)cc1. The summed E-state index contributed by atoms with van der Waals surface area (Å²) in [5.41, 5.74) is 4.61. The highest BCUT2D eigenvalue weighted by molar-refractivity contribution is 5.53. The lowest BCUT2D eigenvalue weighted by atomic mass is 9.88. The molecule has 5 heteroatoms. The maximum atomic E-state index is 13.5. The van der Waals surface area contributed by atoms with E-state index in [4.69, 9.17) is 4.74 Å². The Morgan fingerprint density at radius 3 is 2.42 bits per heavy atom. The molecule has 0 aliphatic carbocycles. The minimum atomic E-state index is -0.228. The molecule has 4 nitrogen and oxygen atoms in total. The molecule has 1 N–H and O–H groups in total. The van der Waals surface area contributed by atoms with Gasteiger partial charge in [0.05, 0.1) is 6.04 Å². The molecule has 4 rings (SSSR count). The number of halogens is 1. The maximum absolute atomic E-state index is 13.5. The number of aromatic hydroxyl groups is 1. The summed E-state index contributed by atoms with van der Waals surface area (Å²) in [6, 6.07) is 20.8. The van der Waals surface area contributed by atoms with E-state index in [2.05, 4.69) is 35.8 Å². The van der Waals surface area contributed by atoms with Crippen LogP contribution in [0.15, 0.2) is 66.7 Å². The first-order valence-electron chi connectivity index (χ1n) is 11.9. The second-order valence-electron chi connectivity index (χ2n) is 8.54. The number of phenolic OH excluding ortho intramolecular Hbond substituents is 1. The Morgan fingerprint density at radius 2 is 1.73 bits per heavy atom. The minimum Gasteiger partial charge on any atom is -0.508 e. The zero-order chi connectivity index (χ0) is 23.2. The Bertz CT molecular complexity index is 1030. The molecule has 0 saturated carbocycles. The molecule has 0 bridgehead atoms. The predicted octanol–water partition coefficient (Wildman–Crippen LogP) is 5.60. The van der Waals surface area contributed by atoms with Gasteiger partial charge in [-0.25, -0.2) is 4.39 Å². The van der Waals surface area contributed by atoms with Gasteiger partial charge in [-0.05, 0) is 91.2 Å². The van der Waals surface area contributed by atoms with Gasteiger partial charge in [-0.2, -0.15) is 0 Å². The van der Waals surface area contributed by atoms with E-state index in [0.29, 0.717) is 12.4 Å².